The summed E-state index contributed by atoms with van der Waals surface area (Å²) in [5, 5.41) is 0. The average molecular weight is 366 g/mol. The topological polar surface area (TPSA) is 51.7 Å². The predicted molar refractivity (Wildman–Crippen MR) is 89.6 cm³/mol. The minimum Gasteiger partial charge on any atom is -0.371 e. The van der Waals surface area contributed by atoms with Crippen LogP contribution in [0.2, 0.25) is 0 Å². The van der Waals surface area contributed by atoms with E-state index >= 15 is 0 Å². The van der Waals surface area contributed by atoms with Crippen LogP contribution in [0, 0.1) is 5.92 Å². The van der Waals surface area contributed by atoms with Gasteiger partial charge in [-0.15, -0.1) is 0 Å². The van der Waals surface area contributed by atoms with Crippen LogP contribution in [-0.2, 0) is 20.9 Å². The molecule has 0 aromatic carbocycles. The number of hydrogen-bond acceptors (Lipinski definition) is 4. The molecule has 2 saturated heterocycles. The van der Waals surface area contributed by atoms with E-state index in [0.717, 1.165) is 24.8 Å². The fraction of sp³-hybridized carbons (Fsp3) is 0.684. The number of piperidine rings is 1. The minimum absolute atomic E-state index is 0.0155. The first-order valence-corrected chi connectivity index (χ1v) is 9.26. The Hall–Kier alpha value is -1.60. The molecule has 2 aliphatic heterocycles. The van der Waals surface area contributed by atoms with Crippen LogP contribution in [0.3, 0.4) is 0 Å². The van der Waals surface area contributed by atoms with Crippen LogP contribution in [0.5, 0.6) is 0 Å². The first-order valence-electron chi connectivity index (χ1n) is 9.26. The van der Waals surface area contributed by atoms with E-state index in [1.54, 1.807) is 17.3 Å². The summed E-state index contributed by atoms with van der Waals surface area (Å²) >= 11 is 0. The number of pyridine rings is 1. The molecule has 0 bridgehead atoms. The Morgan fingerprint density at radius 1 is 1.38 bits per heavy atom. The molecule has 0 radical (unpaired) electrons. The van der Waals surface area contributed by atoms with Crippen LogP contribution < -0.4 is 0 Å². The second kappa shape index (κ2) is 6.85. The summed E-state index contributed by atoms with van der Waals surface area (Å²) < 4.78 is 38.1. The lowest BCUT2D eigenvalue weighted by molar-refractivity contribution is -0.165. The molecule has 1 spiro atoms. The molecule has 4 rings (SSSR count). The molecule has 1 aromatic rings. The Balaban J connectivity index is 1.30. The summed E-state index contributed by atoms with van der Waals surface area (Å²) in [4.78, 5) is 18.3. The van der Waals surface area contributed by atoms with E-state index in [9.17, 15) is 13.6 Å². The highest BCUT2D eigenvalue weighted by Crippen LogP contribution is 2.44. The fourth-order valence-corrected chi connectivity index (χ4v) is 4.27. The van der Waals surface area contributed by atoms with Gasteiger partial charge >= 0.3 is 0 Å². The maximum atomic E-state index is 13.1. The normalized spacial score (nSPS) is 31.2. The largest absolute Gasteiger partial charge is 0.371 e. The number of amides is 1. The predicted octanol–water partition coefficient (Wildman–Crippen LogP) is 2.79. The van der Waals surface area contributed by atoms with Crippen LogP contribution in [0.15, 0.2) is 24.5 Å². The number of aromatic nitrogens is 1. The molecule has 2 atom stereocenters. The summed E-state index contributed by atoms with van der Waals surface area (Å²) in [6.45, 7) is 2.11. The molecule has 5 nitrogen and oxygen atoms in total. The monoisotopic (exact) mass is 366 g/mol. The number of likely N-dealkylation sites (tertiary alicyclic amines) is 1. The van der Waals surface area contributed by atoms with Gasteiger partial charge in [-0.3, -0.25) is 9.78 Å². The molecule has 3 fully saturated rings. The molecule has 7 heteroatoms. The van der Waals surface area contributed by atoms with Crippen LogP contribution in [0.1, 0.15) is 37.7 Å². The van der Waals surface area contributed by atoms with Crippen LogP contribution in [0.25, 0.3) is 0 Å². The Bertz CT molecular complexity index is 649. The van der Waals surface area contributed by atoms with Gasteiger partial charge in [-0.05, 0) is 24.5 Å². The van der Waals surface area contributed by atoms with E-state index in [4.69, 9.17) is 9.47 Å². The van der Waals surface area contributed by atoms with Gasteiger partial charge in [-0.1, -0.05) is 6.07 Å². The van der Waals surface area contributed by atoms with Gasteiger partial charge < -0.3 is 14.4 Å². The maximum absolute atomic E-state index is 13.1. The van der Waals surface area contributed by atoms with Gasteiger partial charge in [0.2, 0.25) is 11.8 Å². The molecule has 0 unspecified atom stereocenters. The zero-order valence-electron chi connectivity index (χ0n) is 14.7. The van der Waals surface area contributed by atoms with E-state index in [2.05, 4.69) is 4.98 Å². The Morgan fingerprint density at radius 2 is 2.23 bits per heavy atom. The van der Waals surface area contributed by atoms with Gasteiger partial charge in [0.15, 0.2) is 0 Å². The van der Waals surface area contributed by atoms with Crippen molar-refractivity contribution >= 4 is 5.91 Å². The van der Waals surface area contributed by atoms with Crippen molar-refractivity contribution in [3.8, 4) is 0 Å². The SMILES string of the molecule is O=C(C1CC(F)(F)C1)N1CCC[C@@]2(C[C@@H](OCc3cccnc3)CO2)C1. The van der Waals surface area contributed by atoms with E-state index in [-0.39, 0.29) is 30.5 Å². The third-order valence-electron chi connectivity index (χ3n) is 5.67. The van der Waals surface area contributed by atoms with Crippen LogP contribution in [-0.4, -0.2) is 53.1 Å². The molecule has 0 N–H and O–H groups in total. The van der Waals surface area contributed by atoms with E-state index in [0.29, 0.717) is 26.3 Å². The minimum atomic E-state index is -2.66. The van der Waals surface area contributed by atoms with Crippen LogP contribution in [0.4, 0.5) is 8.78 Å². The highest BCUT2D eigenvalue weighted by molar-refractivity contribution is 5.80. The van der Waals surface area contributed by atoms with Gasteiger partial charge in [0.25, 0.3) is 0 Å². The van der Waals surface area contributed by atoms with Gasteiger partial charge in [0.1, 0.15) is 0 Å². The maximum Gasteiger partial charge on any atom is 0.249 e. The number of hydrogen-bond donors (Lipinski definition) is 0. The number of ether oxygens (including phenoxy) is 2. The van der Waals surface area contributed by atoms with E-state index in [1.165, 1.54) is 0 Å². The second-order valence-electron chi connectivity index (χ2n) is 7.82. The van der Waals surface area contributed by atoms with Crippen molar-refractivity contribution < 1.29 is 23.0 Å². The molecular weight excluding hydrogens is 342 g/mol. The summed E-state index contributed by atoms with van der Waals surface area (Å²) in [5.41, 5.74) is 0.625. The van der Waals surface area contributed by atoms with Gasteiger partial charge in [-0.25, -0.2) is 8.78 Å². The lowest BCUT2D eigenvalue weighted by Gasteiger charge is -2.43. The third-order valence-corrected chi connectivity index (χ3v) is 5.67. The Morgan fingerprint density at radius 3 is 2.96 bits per heavy atom. The molecule has 3 heterocycles. The molecule has 1 aromatic heterocycles. The Kier molecular flexibility index (Phi) is 4.69. The molecular formula is C19H24F2N2O3. The van der Waals surface area contributed by atoms with Crippen molar-refractivity contribution in [3.63, 3.8) is 0 Å². The summed E-state index contributed by atoms with van der Waals surface area (Å²) in [6, 6.07) is 3.84. The number of carbonyl (C=O) groups excluding carboxylic acids is 1. The number of carbonyl (C=O) groups is 1. The van der Waals surface area contributed by atoms with Crippen molar-refractivity contribution in [3.05, 3.63) is 30.1 Å². The van der Waals surface area contributed by atoms with Crippen molar-refractivity contribution in [2.24, 2.45) is 5.92 Å². The molecule has 1 saturated carbocycles. The molecule has 26 heavy (non-hydrogen) atoms. The van der Waals surface area contributed by atoms with Gasteiger partial charge in [0.05, 0.1) is 24.9 Å². The second-order valence-corrected chi connectivity index (χ2v) is 7.82. The van der Waals surface area contributed by atoms with Crippen molar-refractivity contribution in [2.45, 2.75) is 56.3 Å². The van der Waals surface area contributed by atoms with E-state index in [1.807, 2.05) is 12.1 Å². The van der Waals surface area contributed by atoms with E-state index < -0.39 is 11.8 Å². The fourth-order valence-electron chi connectivity index (χ4n) is 4.27. The highest BCUT2D eigenvalue weighted by atomic mass is 19.3. The lowest BCUT2D eigenvalue weighted by atomic mass is 9.79. The summed E-state index contributed by atoms with van der Waals surface area (Å²) in [7, 11) is 0. The number of rotatable bonds is 4. The Labute approximate surface area is 151 Å². The zero-order valence-corrected chi connectivity index (χ0v) is 14.7. The first-order chi connectivity index (χ1) is 12.4. The molecule has 142 valence electrons. The molecule has 1 aliphatic carbocycles. The molecule has 1 amide bonds. The highest BCUT2D eigenvalue weighted by Gasteiger charge is 2.52. The lowest BCUT2D eigenvalue weighted by Crippen LogP contribution is -2.54. The quantitative estimate of drug-likeness (QED) is 0.822. The number of alkyl halides is 2. The number of halogens is 2. The molecule has 3 aliphatic rings. The van der Waals surface area contributed by atoms with Crippen molar-refractivity contribution in [1.29, 1.82) is 0 Å². The van der Waals surface area contributed by atoms with Crippen molar-refractivity contribution in [1.82, 2.24) is 9.88 Å². The van der Waals surface area contributed by atoms with Gasteiger partial charge in [0, 0.05) is 50.7 Å². The number of nitrogens with zero attached hydrogens (tertiary/aromatic N) is 2. The first kappa shape index (κ1) is 17.8. The summed E-state index contributed by atoms with van der Waals surface area (Å²) in [6.07, 6.45) is 5.31. The average Bonchev–Trinajstić information content (AvgIpc) is 3.00. The zero-order chi connectivity index (χ0) is 18.2. The van der Waals surface area contributed by atoms with Crippen molar-refractivity contribution in [2.75, 3.05) is 19.7 Å². The van der Waals surface area contributed by atoms with Crippen LogP contribution >= 0.6 is 0 Å². The van der Waals surface area contributed by atoms with Gasteiger partial charge in [-0.2, -0.15) is 0 Å². The third kappa shape index (κ3) is 3.74. The smallest absolute Gasteiger partial charge is 0.249 e. The summed E-state index contributed by atoms with van der Waals surface area (Å²) in [5.74, 6) is -3.33. The standard InChI is InChI=1S/C19H24F2N2O3/c20-19(21)7-15(8-19)17(24)23-6-2-4-18(13-23)9-16(12-26-18)25-11-14-3-1-5-22-10-14/h1,3,5,10,15-16H,2,4,6-9,11-13H2/t16-,18-/m1/s1.